The van der Waals surface area contributed by atoms with Gasteiger partial charge in [0.25, 0.3) is 5.91 Å². The van der Waals surface area contributed by atoms with Crippen LogP contribution in [0.25, 0.3) is 33.4 Å². The molecule has 0 aliphatic carbocycles. The number of nitriles is 1. The molecular formula is C26H19N5O3. The topological polar surface area (TPSA) is 117 Å². The SMILES string of the molecule is Cc1ccccc1-c1cccc2cc(C(=O)Nc3ccc(C#N)cc3-c3noc(=O)[nH]3)n(C)c12. The van der Waals surface area contributed by atoms with Gasteiger partial charge in [-0.2, -0.15) is 5.26 Å². The van der Waals surface area contributed by atoms with Crippen molar-refractivity contribution in [2.45, 2.75) is 6.92 Å². The second kappa shape index (κ2) is 8.22. The van der Waals surface area contributed by atoms with Crippen LogP contribution in [0.5, 0.6) is 0 Å². The third-order valence-electron chi connectivity index (χ3n) is 5.82. The molecule has 1 amide bonds. The van der Waals surface area contributed by atoms with E-state index in [-0.39, 0.29) is 11.7 Å². The van der Waals surface area contributed by atoms with Crippen LogP contribution in [0.2, 0.25) is 0 Å². The number of carbonyl (C=O) groups is 1. The van der Waals surface area contributed by atoms with Gasteiger partial charge in [0, 0.05) is 23.6 Å². The minimum absolute atomic E-state index is 0.122. The first-order valence-corrected chi connectivity index (χ1v) is 10.5. The molecule has 0 aliphatic rings. The van der Waals surface area contributed by atoms with Crippen LogP contribution in [0, 0.1) is 18.3 Å². The number of fused-ring (bicyclic) bond motifs is 1. The molecule has 2 aromatic heterocycles. The molecule has 2 N–H and O–H groups in total. The molecule has 166 valence electrons. The summed E-state index contributed by atoms with van der Waals surface area (Å²) in [6.07, 6.45) is 0. The van der Waals surface area contributed by atoms with Crippen LogP contribution in [0.15, 0.2) is 76.0 Å². The maximum atomic E-state index is 13.3. The summed E-state index contributed by atoms with van der Waals surface area (Å²) in [5.74, 6) is -0.949. The Morgan fingerprint density at radius 3 is 2.59 bits per heavy atom. The summed E-state index contributed by atoms with van der Waals surface area (Å²) in [6, 6.07) is 22.7. The first-order valence-electron chi connectivity index (χ1n) is 10.5. The van der Waals surface area contributed by atoms with Gasteiger partial charge in [0.05, 0.1) is 22.8 Å². The molecule has 0 saturated carbocycles. The minimum atomic E-state index is -0.730. The standard InChI is InChI=1S/C26H19N5O3/c1-15-6-3-4-8-18(15)19-9-5-7-17-13-22(31(2)23(17)19)25(32)28-21-11-10-16(14-27)12-20(21)24-29-26(33)34-30-24/h3-13H,1-2H3,(H,28,32)(H,29,30,33). The van der Waals surface area contributed by atoms with E-state index in [9.17, 15) is 14.9 Å². The van der Waals surface area contributed by atoms with Crippen LogP contribution in [-0.2, 0) is 7.05 Å². The second-order valence-corrected chi connectivity index (χ2v) is 7.92. The number of hydrogen-bond acceptors (Lipinski definition) is 5. The molecule has 5 aromatic rings. The first-order chi connectivity index (χ1) is 16.5. The number of amides is 1. The van der Waals surface area contributed by atoms with Crippen molar-refractivity contribution in [1.82, 2.24) is 14.7 Å². The molecule has 0 unspecified atom stereocenters. The quantitative estimate of drug-likeness (QED) is 0.415. The van der Waals surface area contributed by atoms with Crippen molar-refractivity contribution in [3.05, 3.63) is 94.1 Å². The number of aryl methyl sites for hydroxylation is 2. The number of nitrogens with zero attached hydrogens (tertiary/aromatic N) is 3. The molecule has 0 bridgehead atoms. The molecule has 0 fully saturated rings. The lowest BCUT2D eigenvalue weighted by atomic mass is 9.99. The Hall–Kier alpha value is -4.90. The maximum Gasteiger partial charge on any atom is 0.439 e. The Morgan fingerprint density at radius 2 is 1.85 bits per heavy atom. The number of hydrogen-bond donors (Lipinski definition) is 2. The van der Waals surface area contributed by atoms with Crippen molar-refractivity contribution in [1.29, 1.82) is 5.26 Å². The van der Waals surface area contributed by atoms with Gasteiger partial charge in [-0.05, 0) is 42.3 Å². The zero-order chi connectivity index (χ0) is 23.8. The maximum absolute atomic E-state index is 13.3. The monoisotopic (exact) mass is 449 g/mol. The van der Waals surface area contributed by atoms with E-state index < -0.39 is 5.76 Å². The van der Waals surface area contributed by atoms with E-state index in [1.54, 1.807) is 12.1 Å². The highest BCUT2D eigenvalue weighted by Gasteiger charge is 2.19. The summed E-state index contributed by atoms with van der Waals surface area (Å²) in [6.45, 7) is 2.06. The zero-order valence-electron chi connectivity index (χ0n) is 18.4. The van der Waals surface area contributed by atoms with Gasteiger partial charge in [0.1, 0.15) is 5.69 Å². The predicted molar refractivity (Wildman–Crippen MR) is 128 cm³/mol. The van der Waals surface area contributed by atoms with Crippen LogP contribution in [0.4, 0.5) is 5.69 Å². The van der Waals surface area contributed by atoms with Crippen LogP contribution in [-0.4, -0.2) is 20.6 Å². The molecule has 8 nitrogen and oxygen atoms in total. The second-order valence-electron chi connectivity index (χ2n) is 7.92. The third kappa shape index (κ3) is 3.55. The molecule has 34 heavy (non-hydrogen) atoms. The smallest absolute Gasteiger partial charge is 0.339 e. The Kier molecular flexibility index (Phi) is 5.07. The summed E-state index contributed by atoms with van der Waals surface area (Å²) in [5.41, 5.74) is 5.80. The van der Waals surface area contributed by atoms with Crippen LogP contribution >= 0.6 is 0 Å². The van der Waals surface area contributed by atoms with Gasteiger partial charge in [0.2, 0.25) is 0 Å². The van der Waals surface area contributed by atoms with Gasteiger partial charge in [-0.15, -0.1) is 0 Å². The number of rotatable bonds is 4. The van der Waals surface area contributed by atoms with Gasteiger partial charge in [-0.25, -0.2) is 4.79 Å². The Balaban J connectivity index is 1.58. The normalized spacial score (nSPS) is 10.9. The fraction of sp³-hybridized carbons (Fsp3) is 0.0769. The van der Waals surface area contributed by atoms with Gasteiger partial charge >= 0.3 is 5.76 Å². The summed E-state index contributed by atoms with van der Waals surface area (Å²) >= 11 is 0. The molecule has 0 atom stereocenters. The van der Waals surface area contributed by atoms with E-state index in [0.29, 0.717) is 22.5 Å². The molecule has 3 aromatic carbocycles. The van der Waals surface area contributed by atoms with E-state index in [2.05, 4.69) is 39.0 Å². The van der Waals surface area contributed by atoms with E-state index in [1.807, 2.05) is 54.1 Å². The highest BCUT2D eigenvalue weighted by Crippen LogP contribution is 2.33. The molecule has 0 spiro atoms. The van der Waals surface area contributed by atoms with Crippen molar-refractivity contribution in [2.24, 2.45) is 7.05 Å². The molecule has 0 saturated heterocycles. The average molecular weight is 449 g/mol. The fourth-order valence-corrected chi connectivity index (χ4v) is 4.18. The Labute approximate surface area is 194 Å². The molecule has 2 heterocycles. The molecular weight excluding hydrogens is 430 g/mol. The number of benzene rings is 3. The van der Waals surface area contributed by atoms with E-state index in [4.69, 9.17) is 0 Å². The van der Waals surface area contributed by atoms with Crippen LogP contribution in [0.1, 0.15) is 21.6 Å². The summed E-state index contributed by atoms with van der Waals surface area (Å²) in [7, 11) is 1.85. The van der Waals surface area contributed by atoms with E-state index >= 15 is 0 Å². The number of nitrogens with one attached hydrogen (secondary N) is 2. The summed E-state index contributed by atoms with van der Waals surface area (Å²) in [4.78, 5) is 27.3. The van der Waals surface area contributed by atoms with E-state index in [1.165, 1.54) is 6.07 Å². The zero-order valence-corrected chi connectivity index (χ0v) is 18.4. The predicted octanol–water partition coefficient (Wildman–Crippen LogP) is 4.62. The van der Waals surface area contributed by atoms with E-state index in [0.717, 1.165) is 27.6 Å². The fourth-order valence-electron chi connectivity index (χ4n) is 4.18. The van der Waals surface area contributed by atoms with Gasteiger partial charge in [-0.3, -0.25) is 14.3 Å². The van der Waals surface area contributed by atoms with Crippen molar-refractivity contribution in [2.75, 3.05) is 5.32 Å². The van der Waals surface area contributed by atoms with Crippen molar-refractivity contribution in [3.63, 3.8) is 0 Å². The van der Waals surface area contributed by atoms with Crippen molar-refractivity contribution >= 4 is 22.5 Å². The van der Waals surface area contributed by atoms with Crippen molar-refractivity contribution < 1.29 is 9.32 Å². The largest absolute Gasteiger partial charge is 0.439 e. The third-order valence-corrected chi connectivity index (χ3v) is 5.82. The molecule has 8 heteroatoms. The summed E-state index contributed by atoms with van der Waals surface area (Å²) < 4.78 is 6.47. The lowest BCUT2D eigenvalue weighted by Gasteiger charge is -2.12. The number of para-hydroxylation sites is 1. The lowest BCUT2D eigenvalue weighted by Crippen LogP contribution is -2.16. The lowest BCUT2D eigenvalue weighted by molar-refractivity contribution is 0.102. The number of H-pyrrole nitrogens is 1. The number of carbonyl (C=O) groups excluding carboxylic acids is 1. The highest BCUT2D eigenvalue weighted by molar-refractivity contribution is 6.09. The van der Waals surface area contributed by atoms with Gasteiger partial charge in [0.15, 0.2) is 5.82 Å². The molecule has 5 rings (SSSR count). The number of aromatic nitrogens is 3. The van der Waals surface area contributed by atoms with Crippen LogP contribution < -0.4 is 11.1 Å². The Morgan fingerprint density at radius 1 is 1.06 bits per heavy atom. The first kappa shape index (κ1) is 21.0. The minimum Gasteiger partial charge on any atom is -0.339 e. The number of anilines is 1. The van der Waals surface area contributed by atoms with Crippen LogP contribution in [0.3, 0.4) is 0 Å². The molecule has 0 radical (unpaired) electrons. The van der Waals surface area contributed by atoms with Crippen molar-refractivity contribution in [3.8, 4) is 28.6 Å². The van der Waals surface area contributed by atoms with Gasteiger partial charge in [-0.1, -0.05) is 47.6 Å². The number of aromatic amines is 1. The Bertz CT molecular complexity index is 1670. The molecule has 0 aliphatic heterocycles. The summed E-state index contributed by atoms with van der Waals surface area (Å²) in [5, 5.41) is 16.8. The van der Waals surface area contributed by atoms with Gasteiger partial charge < -0.3 is 9.88 Å². The average Bonchev–Trinajstić information content (AvgIpc) is 3.43. The highest BCUT2D eigenvalue weighted by atomic mass is 16.5.